The Labute approximate surface area is 81.2 Å². The van der Waals surface area contributed by atoms with Crippen molar-refractivity contribution in [3.05, 3.63) is 23.9 Å². The zero-order valence-corrected chi connectivity index (χ0v) is 7.77. The maximum absolute atomic E-state index is 11.7. The number of pyridine rings is 1. The van der Waals surface area contributed by atoms with Gasteiger partial charge in [0.15, 0.2) is 5.71 Å². The first-order valence-electron chi connectivity index (χ1n) is 4.34. The standard InChI is InChI=1S/C9H10N4O/c1-2-13-8-6(4-3-5-11-8)7(12-10)9(13)14/h3-5H,2,10H2,1H3/b12-7+. The number of aromatic nitrogens is 1. The lowest BCUT2D eigenvalue weighted by Gasteiger charge is -2.11. The number of rotatable bonds is 1. The van der Waals surface area contributed by atoms with E-state index in [9.17, 15) is 4.79 Å². The summed E-state index contributed by atoms with van der Waals surface area (Å²) in [4.78, 5) is 17.4. The van der Waals surface area contributed by atoms with Gasteiger partial charge in [0.25, 0.3) is 5.91 Å². The maximum Gasteiger partial charge on any atom is 0.280 e. The molecule has 0 aromatic carbocycles. The lowest BCUT2D eigenvalue weighted by molar-refractivity contribution is -0.112. The number of carbonyl (C=O) groups excluding carboxylic acids is 1. The van der Waals surface area contributed by atoms with Gasteiger partial charge in [-0.25, -0.2) is 4.98 Å². The Balaban J connectivity index is 2.62. The summed E-state index contributed by atoms with van der Waals surface area (Å²) < 4.78 is 0. The molecule has 0 unspecified atom stereocenters. The first kappa shape index (κ1) is 8.68. The molecule has 0 bridgehead atoms. The van der Waals surface area contributed by atoms with Crippen molar-refractivity contribution in [1.82, 2.24) is 4.98 Å². The summed E-state index contributed by atoms with van der Waals surface area (Å²) in [5.41, 5.74) is 0.997. The molecule has 0 radical (unpaired) electrons. The highest BCUT2D eigenvalue weighted by Crippen LogP contribution is 2.25. The molecular weight excluding hydrogens is 180 g/mol. The van der Waals surface area contributed by atoms with Crippen molar-refractivity contribution < 1.29 is 4.79 Å². The first-order chi connectivity index (χ1) is 6.79. The van der Waals surface area contributed by atoms with Crippen LogP contribution in [0.4, 0.5) is 5.82 Å². The Morgan fingerprint density at radius 2 is 2.43 bits per heavy atom. The molecule has 1 aliphatic heterocycles. The second-order valence-electron chi connectivity index (χ2n) is 2.90. The molecule has 2 rings (SSSR count). The number of fused-ring (bicyclic) bond motifs is 1. The van der Waals surface area contributed by atoms with Crippen LogP contribution in [0.5, 0.6) is 0 Å². The number of hydrogen-bond donors (Lipinski definition) is 1. The van der Waals surface area contributed by atoms with Crippen LogP contribution in [0.1, 0.15) is 12.5 Å². The van der Waals surface area contributed by atoms with Gasteiger partial charge in [-0.3, -0.25) is 9.69 Å². The smallest absolute Gasteiger partial charge is 0.280 e. The number of likely N-dealkylation sites (N-methyl/N-ethyl adjacent to an activating group) is 1. The van der Waals surface area contributed by atoms with E-state index in [1.165, 1.54) is 0 Å². The molecule has 72 valence electrons. The quantitative estimate of drug-likeness (QED) is 0.504. The van der Waals surface area contributed by atoms with E-state index in [4.69, 9.17) is 5.84 Å². The zero-order valence-electron chi connectivity index (χ0n) is 7.77. The van der Waals surface area contributed by atoms with Crippen LogP contribution in [0.2, 0.25) is 0 Å². The fourth-order valence-corrected chi connectivity index (χ4v) is 1.55. The molecule has 0 saturated carbocycles. The molecule has 0 atom stereocenters. The first-order valence-corrected chi connectivity index (χ1v) is 4.34. The van der Waals surface area contributed by atoms with Gasteiger partial charge in [-0.2, -0.15) is 5.10 Å². The van der Waals surface area contributed by atoms with Crippen LogP contribution >= 0.6 is 0 Å². The molecule has 0 spiro atoms. The Morgan fingerprint density at radius 1 is 1.64 bits per heavy atom. The minimum Gasteiger partial charge on any atom is -0.322 e. The van der Waals surface area contributed by atoms with Crippen LogP contribution < -0.4 is 10.7 Å². The number of amides is 1. The van der Waals surface area contributed by atoms with Crippen LogP contribution in [0, 0.1) is 0 Å². The molecular formula is C9H10N4O. The summed E-state index contributed by atoms with van der Waals surface area (Å²) in [5.74, 6) is 5.63. The van der Waals surface area contributed by atoms with E-state index in [1.807, 2.05) is 6.92 Å². The van der Waals surface area contributed by atoms with Crippen molar-refractivity contribution in [1.29, 1.82) is 0 Å². The summed E-state index contributed by atoms with van der Waals surface area (Å²) in [6, 6.07) is 3.55. The summed E-state index contributed by atoms with van der Waals surface area (Å²) in [5, 5.41) is 3.49. The molecule has 1 aromatic rings. The number of nitrogens with zero attached hydrogens (tertiary/aromatic N) is 3. The highest BCUT2D eigenvalue weighted by molar-refractivity contribution is 6.54. The monoisotopic (exact) mass is 190 g/mol. The summed E-state index contributed by atoms with van der Waals surface area (Å²) in [6.07, 6.45) is 1.65. The van der Waals surface area contributed by atoms with E-state index in [-0.39, 0.29) is 11.6 Å². The molecule has 5 nitrogen and oxygen atoms in total. The van der Waals surface area contributed by atoms with E-state index in [2.05, 4.69) is 10.1 Å². The Bertz CT molecular complexity index is 413. The molecule has 1 amide bonds. The minimum absolute atomic E-state index is 0.177. The minimum atomic E-state index is -0.177. The van der Waals surface area contributed by atoms with Crippen molar-refractivity contribution in [2.24, 2.45) is 10.9 Å². The average Bonchev–Trinajstić information content (AvgIpc) is 2.49. The molecule has 0 aliphatic carbocycles. The van der Waals surface area contributed by atoms with Crippen molar-refractivity contribution in [3.63, 3.8) is 0 Å². The third kappa shape index (κ3) is 0.985. The molecule has 1 aromatic heterocycles. The van der Waals surface area contributed by atoms with Crippen LogP contribution in [-0.4, -0.2) is 23.1 Å². The van der Waals surface area contributed by atoms with E-state index < -0.39 is 0 Å². The second-order valence-corrected chi connectivity index (χ2v) is 2.90. The predicted molar refractivity (Wildman–Crippen MR) is 53.0 cm³/mol. The van der Waals surface area contributed by atoms with Gasteiger partial charge in [0.2, 0.25) is 0 Å². The maximum atomic E-state index is 11.7. The predicted octanol–water partition coefficient (Wildman–Crippen LogP) is 0.111. The van der Waals surface area contributed by atoms with Crippen molar-refractivity contribution in [2.45, 2.75) is 6.92 Å². The molecule has 5 heteroatoms. The molecule has 0 saturated heterocycles. The van der Waals surface area contributed by atoms with Gasteiger partial charge in [0, 0.05) is 12.7 Å². The van der Waals surface area contributed by atoms with Gasteiger partial charge in [-0.1, -0.05) is 0 Å². The lowest BCUT2D eigenvalue weighted by atomic mass is 10.2. The average molecular weight is 190 g/mol. The van der Waals surface area contributed by atoms with E-state index in [1.54, 1.807) is 23.2 Å². The molecule has 14 heavy (non-hydrogen) atoms. The molecule has 0 fully saturated rings. The van der Waals surface area contributed by atoms with Crippen molar-refractivity contribution in [3.8, 4) is 0 Å². The molecule has 2 heterocycles. The Kier molecular flexibility index (Phi) is 1.92. The highest BCUT2D eigenvalue weighted by atomic mass is 16.2. The summed E-state index contributed by atoms with van der Waals surface area (Å²) >= 11 is 0. The lowest BCUT2D eigenvalue weighted by Crippen LogP contribution is -2.30. The second kappa shape index (κ2) is 3.10. The Hall–Kier alpha value is -1.91. The molecule has 1 aliphatic rings. The fourth-order valence-electron chi connectivity index (χ4n) is 1.55. The normalized spacial score (nSPS) is 17.6. The number of hydrogen-bond acceptors (Lipinski definition) is 4. The van der Waals surface area contributed by atoms with Crippen LogP contribution in [0.15, 0.2) is 23.4 Å². The fraction of sp³-hybridized carbons (Fsp3) is 0.222. The third-order valence-corrected chi connectivity index (χ3v) is 2.19. The van der Waals surface area contributed by atoms with E-state index in [0.29, 0.717) is 17.9 Å². The van der Waals surface area contributed by atoms with Crippen molar-refractivity contribution >= 4 is 17.4 Å². The van der Waals surface area contributed by atoms with Crippen LogP contribution in [-0.2, 0) is 4.79 Å². The number of hydrazone groups is 1. The number of nitrogens with two attached hydrogens (primary N) is 1. The van der Waals surface area contributed by atoms with Crippen LogP contribution in [0.25, 0.3) is 0 Å². The van der Waals surface area contributed by atoms with Gasteiger partial charge in [0.1, 0.15) is 5.82 Å². The zero-order chi connectivity index (χ0) is 10.1. The van der Waals surface area contributed by atoms with Gasteiger partial charge >= 0.3 is 0 Å². The van der Waals surface area contributed by atoms with Gasteiger partial charge in [-0.15, -0.1) is 0 Å². The SMILES string of the molecule is CCN1C(=O)/C(=N/N)c2cccnc21. The molecule has 2 N–H and O–H groups in total. The summed E-state index contributed by atoms with van der Waals surface area (Å²) in [6.45, 7) is 2.46. The van der Waals surface area contributed by atoms with E-state index in [0.717, 1.165) is 0 Å². The van der Waals surface area contributed by atoms with E-state index >= 15 is 0 Å². The van der Waals surface area contributed by atoms with Gasteiger partial charge in [-0.05, 0) is 19.1 Å². The van der Waals surface area contributed by atoms with Gasteiger partial charge in [0.05, 0.1) is 5.56 Å². The number of carbonyl (C=O) groups is 1. The van der Waals surface area contributed by atoms with Crippen molar-refractivity contribution in [2.75, 3.05) is 11.4 Å². The highest BCUT2D eigenvalue weighted by Gasteiger charge is 2.33. The van der Waals surface area contributed by atoms with Crippen LogP contribution in [0.3, 0.4) is 0 Å². The largest absolute Gasteiger partial charge is 0.322 e. The number of anilines is 1. The Morgan fingerprint density at radius 3 is 3.07 bits per heavy atom. The third-order valence-electron chi connectivity index (χ3n) is 2.19. The summed E-state index contributed by atoms with van der Waals surface area (Å²) in [7, 11) is 0. The topological polar surface area (TPSA) is 71.6 Å². The van der Waals surface area contributed by atoms with Gasteiger partial charge < -0.3 is 5.84 Å².